The van der Waals surface area contributed by atoms with Gasteiger partial charge in [0.25, 0.3) is 5.91 Å². The van der Waals surface area contributed by atoms with Crippen LogP contribution in [0.2, 0.25) is 0 Å². The highest BCUT2D eigenvalue weighted by atomic mass is 16.2. The Labute approximate surface area is 209 Å². The maximum Gasteiger partial charge on any atom is 0.334 e. The summed E-state index contributed by atoms with van der Waals surface area (Å²) in [5.41, 5.74) is 2.57. The SMILES string of the molecule is O=C(CN1C(=O)C(=O)N(CCC2=CCCCC2)C1=O)Nc1ccccc1C(=O)NCc1ccccc1. The lowest BCUT2D eigenvalue weighted by molar-refractivity contribution is -0.143. The molecule has 0 saturated carbocycles. The topological polar surface area (TPSA) is 116 Å². The number of urea groups is 1. The molecule has 186 valence electrons. The fraction of sp³-hybridized carbons (Fsp3) is 0.296. The molecule has 2 N–H and O–H groups in total. The van der Waals surface area contributed by atoms with E-state index in [1.165, 1.54) is 5.57 Å². The molecule has 0 spiro atoms. The van der Waals surface area contributed by atoms with E-state index in [9.17, 15) is 24.0 Å². The lowest BCUT2D eigenvalue weighted by Gasteiger charge is -2.18. The van der Waals surface area contributed by atoms with E-state index in [4.69, 9.17) is 0 Å². The fourth-order valence-electron chi connectivity index (χ4n) is 4.27. The van der Waals surface area contributed by atoms with Crippen molar-refractivity contribution in [2.45, 2.75) is 38.6 Å². The summed E-state index contributed by atoms with van der Waals surface area (Å²) in [6.07, 6.45) is 6.75. The molecule has 9 heteroatoms. The second kappa shape index (κ2) is 11.4. The predicted octanol–water partition coefficient (Wildman–Crippen LogP) is 3.24. The number of nitrogens with zero attached hydrogens (tertiary/aromatic N) is 2. The fourth-order valence-corrected chi connectivity index (χ4v) is 4.27. The molecule has 36 heavy (non-hydrogen) atoms. The summed E-state index contributed by atoms with van der Waals surface area (Å²) in [6, 6.07) is 15.0. The first-order valence-electron chi connectivity index (χ1n) is 12.0. The van der Waals surface area contributed by atoms with Crippen LogP contribution in [0.15, 0.2) is 66.2 Å². The van der Waals surface area contributed by atoms with Gasteiger partial charge in [0.2, 0.25) is 5.91 Å². The molecule has 4 rings (SSSR count). The summed E-state index contributed by atoms with van der Waals surface area (Å²) < 4.78 is 0. The summed E-state index contributed by atoms with van der Waals surface area (Å²) in [6.45, 7) is -0.200. The van der Waals surface area contributed by atoms with E-state index in [0.29, 0.717) is 17.9 Å². The molecular formula is C27H28N4O5. The maximum atomic E-state index is 12.7. The summed E-state index contributed by atoms with van der Waals surface area (Å²) in [5, 5.41) is 5.39. The maximum absolute atomic E-state index is 12.7. The molecule has 1 aliphatic carbocycles. The van der Waals surface area contributed by atoms with Crippen LogP contribution >= 0.6 is 0 Å². The molecule has 1 fully saturated rings. The molecule has 9 nitrogen and oxygen atoms in total. The van der Waals surface area contributed by atoms with Gasteiger partial charge in [-0.25, -0.2) is 9.69 Å². The lowest BCUT2D eigenvalue weighted by Crippen LogP contribution is -2.39. The molecule has 2 aromatic carbocycles. The van der Waals surface area contributed by atoms with Crippen LogP contribution in [-0.2, 0) is 20.9 Å². The Morgan fingerprint density at radius 1 is 0.861 bits per heavy atom. The summed E-state index contributed by atoms with van der Waals surface area (Å²) >= 11 is 0. The monoisotopic (exact) mass is 488 g/mol. The Morgan fingerprint density at radius 2 is 1.58 bits per heavy atom. The Bertz CT molecular complexity index is 1210. The van der Waals surface area contributed by atoms with Gasteiger partial charge >= 0.3 is 17.8 Å². The highest BCUT2D eigenvalue weighted by Crippen LogP contribution is 2.22. The third-order valence-corrected chi connectivity index (χ3v) is 6.22. The van der Waals surface area contributed by atoms with Gasteiger partial charge in [0.15, 0.2) is 0 Å². The molecule has 1 aliphatic heterocycles. The second-order valence-electron chi connectivity index (χ2n) is 8.75. The van der Waals surface area contributed by atoms with Crippen molar-refractivity contribution in [3.63, 3.8) is 0 Å². The molecule has 0 aromatic heterocycles. The van der Waals surface area contributed by atoms with Crippen LogP contribution in [0.4, 0.5) is 10.5 Å². The first kappa shape index (κ1) is 24.8. The van der Waals surface area contributed by atoms with Crippen molar-refractivity contribution in [1.82, 2.24) is 15.1 Å². The first-order chi connectivity index (χ1) is 17.4. The zero-order chi connectivity index (χ0) is 25.5. The Kier molecular flexibility index (Phi) is 7.89. The average molecular weight is 489 g/mol. The van der Waals surface area contributed by atoms with E-state index < -0.39 is 30.3 Å². The van der Waals surface area contributed by atoms with E-state index in [2.05, 4.69) is 16.7 Å². The molecule has 2 aromatic rings. The van der Waals surface area contributed by atoms with Crippen LogP contribution in [0.1, 0.15) is 48.0 Å². The smallest absolute Gasteiger partial charge is 0.334 e. The van der Waals surface area contributed by atoms with Crippen molar-refractivity contribution in [2.75, 3.05) is 18.4 Å². The normalized spacial score (nSPS) is 15.7. The number of benzene rings is 2. The zero-order valence-electron chi connectivity index (χ0n) is 19.9. The molecule has 2 aliphatic rings. The number of hydrogen-bond donors (Lipinski definition) is 2. The van der Waals surface area contributed by atoms with Crippen molar-refractivity contribution in [3.8, 4) is 0 Å². The molecule has 0 atom stereocenters. The number of allylic oxidation sites excluding steroid dienone is 1. The highest BCUT2D eigenvalue weighted by Gasteiger charge is 2.45. The lowest BCUT2D eigenvalue weighted by atomic mass is 9.97. The van der Waals surface area contributed by atoms with E-state index >= 15 is 0 Å². The second-order valence-corrected chi connectivity index (χ2v) is 8.75. The van der Waals surface area contributed by atoms with E-state index in [0.717, 1.165) is 36.1 Å². The van der Waals surface area contributed by atoms with Gasteiger partial charge in [0.1, 0.15) is 6.54 Å². The Hall–Kier alpha value is -4.27. The van der Waals surface area contributed by atoms with Crippen molar-refractivity contribution in [2.24, 2.45) is 0 Å². The van der Waals surface area contributed by atoms with Gasteiger partial charge in [0, 0.05) is 13.1 Å². The first-order valence-corrected chi connectivity index (χ1v) is 12.0. The number of para-hydroxylation sites is 1. The molecule has 6 amide bonds. The third kappa shape index (κ3) is 5.86. The van der Waals surface area contributed by atoms with Crippen molar-refractivity contribution >= 4 is 35.3 Å². The number of amides is 6. The van der Waals surface area contributed by atoms with Gasteiger partial charge in [-0.05, 0) is 49.8 Å². The third-order valence-electron chi connectivity index (χ3n) is 6.22. The number of imide groups is 2. The largest absolute Gasteiger partial charge is 0.348 e. The highest BCUT2D eigenvalue weighted by molar-refractivity contribution is 6.45. The summed E-state index contributed by atoms with van der Waals surface area (Å²) in [4.78, 5) is 64.5. The molecule has 0 unspecified atom stereocenters. The number of hydrogen-bond acceptors (Lipinski definition) is 5. The van der Waals surface area contributed by atoms with Crippen LogP contribution in [-0.4, -0.2) is 52.5 Å². The van der Waals surface area contributed by atoms with Gasteiger partial charge in [-0.15, -0.1) is 0 Å². The molecule has 0 radical (unpaired) electrons. The Morgan fingerprint density at radius 3 is 2.33 bits per heavy atom. The molecular weight excluding hydrogens is 460 g/mol. The van der Waals surface area contributed by atoms with Crippen LogP contribution in [0.5, 0.6) is 0 Å². The zero-order valence-corrected chi connectivity index (χ0v) is 19.9. The minimum atomic E-state index is -1.03. The van der Waals surface area contributed by atoms with Gasteiger partial charge in [-0.1, -0.05) is 54.1 Å². The van der Waals surface area contributed by atoms with Crippen molar-refractivity contribution in [3.05, 3.63) is 77.4 Å². The number of anilines is 1. The van der Waals surface area contributed by atoms with Crippen LogP contribution in [0.25, 0.3) is 0 Å². The molecule has 0 bridgehead atoms. The summed E-state index contributed by atoms with van der Waals surface area (Å²) in [7, 11) is 0. The van der Waals surface area contributed by atoms with Crippen LogP contribution in [0, 0.1) is 0 Å². The minimum Gasteiger partial charge on any atom is -0.348 e. The van der Waals surface area contributed by atoms with Gasteiger partial charge < -0.3 is 10.6 Å². The van der Waals surface area contributed by atoms with Gasteiger partial charge in [-0.3, -0.25) is 24.1 Å². The Balaban J connectivity index is 1.36. The predicted molar refractivity (Wildman–Crippen MR) is 133 cm³/mol. The standard InChI is InChI=1S/C27H28N4O5/c32-23(18-31-26(35)25(34)30(27(31)36)16-15-19-9-3-1-4-10-19)29-22-14-8-7-13-21(22)24(33)28-17-20-11-5-2-6-12-20/h2,5-9,11-14H,1,3-4,10,15-18H2,(H,28,33)(H,29,32). The quantitative estimate of drug-likeness (QED) is 0.319. The number of carbonyl (C=O) groups is 5. The molecule has 1 saturated heterocycles. The van der Waals surface area contributed by atoms with E-state index in [1.807, 2.05) is 30.3 Å². The minimum absolute atomic E-state index is 0.109. The van der Waals surface area contributed by atoms with Gasteiger partial charge in [0.05, 0.1) is 11.3 Å². The number of carbonyl (C=O) groups excluding carboxylic acids is 5. The van der Waals surface area contributed by atoms with Crippen LogP contribution in [0.3, 0.4) is 0 Å². The van der Waals surface area contributed by atoms with Gasteiger partial charge in [-0.2, -0.15) is 0 Å². The average Bonchev–Trinajstić information content (AvgIpc) is 3.10. The number of nitrogens with one attached hydrogen (secondary N) is 2. The summed E-state index contributed by atoms with van der Waals surface area (Å²) in [5.74, 6) is -3.03. The van der Waals surface area contributed by atoms with Crippen LogP contribution < -0.4 is 10.6 Å². The van der Waals surface area contributed by atoms with Crippen molar-refractivity contribution < 1.29 is 24.0 Å². The van der Waals surface area contributed by atoms with E-state index in [-0.39, 0.29) is 23.7 Å². The van der Waals surface area contributed by atoms with E-state index in [1.54, 1.807) is 24.3 Å². The van der Waals surface area contributed by atoms with Crippen molar-refractivity contribution in [1.29, 1.82) is 0 Å². The molecule has 1 heterocycles. The number of rotatable bonds is 9.